The number of hydrogen-bond donors (Lipinski definition) is 2. The van der Waals surface area contributed by atoms with Crippen molar-refractivity contribution in [2.75, 3.05) is 13.2 Å². The van der Waals surface area contributed by atoms with Crippen LogP contribution in [0.2, 0.25) is 0 Å². The van der Waals surface area contributed by atoms with Gasteiger partial charge in [0.2, 0.25) is 0 Å². The monoisotopic (exact) mass is 383 g/mol. The predicted molar refractivity (Wildman–Crippen MR) is 108 cm³/mol. The zero-order chi connectivity index (χ0) is 19.9. The van der Waals surface area contributed by atoms with Crippen LogP contribution in [-0.4, -0.2) is 23.9 Å². The molecule has 4 rings (SSSR count). The fourth-order valence-electron chi connectivity index (χ4n) is 4.17. The Morgan fingerprint density at radius 1 is 1.18 bits per heavy atom. The van der Waals surface area contributed by atoms with Crippen LogP contribution >= 0.6 is 0 Å². The lowest BCUT2D eigenvalue weighted by Crippen LogP contribution is -2.47. The molecular weight excluding hydrogens is 354 g/mol. The number of ether oxygens (including phenoxy) is 3. The molecule has 3 N–H and O–H groups in total. The summed E-state index contributed by atoms with van der Waals surface area (Å²) < 4.78 is 17.7. The van der Waals surface area contributed by atoms with Crippen molar-refractivity contribution in [3.05, 3.63) is 52.6 Å². The summed E-state index contributed by atoms with van der Waals surface area (Å²) in [4.78, 5) is 0. The van der Waals surface area contributed by atoms with Crippen molar-refractivity contribution < 1.29 is 19.3 Å². The van der Waals surface area contributed by atoms with Gasteiger partial charge < -0.3 is 25.1 Å². The molecule has 2 aliphatic heterocycles. The van der Waals surface area contributed by atoms with Gasteiger partial charge in [0.15, 0.2) is 0 Å². The smallest absolute Gasteiger partial charge is 0.126 e. The summed E-state index contributed by atoms with van der Waals surface area (Å²) in [6, 6.07) is 9.53. The normalized spacial score (nSPS) is 23.1. The van der Waals surface area contributed by atoms with Crippen LogP contribution < -0.4 is 15.2 Å². The van der Waals surface area contributed by atoms with Gasteiger partial charge in [-0.25, -0.2) is 0 Å². The van der Waals surface area contributed by atoms with Crippen molar-refractivity contribution in [3.8, 4) is 17.2 Å². The molecule has 0 spiro atoms. The number of hydrogen-bond acceptors (Lipinski definition) is 5. The van der Waals surface area contributed by atoms with Crippen LogP contribution in [0.5, 0.6) is 17.2 Å². The first kappa shape index (κ1) is 19.1. The molecule has 0 amide bonds. The Morgan fingerprint density at radius 3 is 2.71 bits per heavy atom. The highest BCUT2D eigenvalue weighted by Gasteiger charge is 2.38. The zero-order valence-electron chi connectivity index (χ0n) is 16.9. The number of phenolic OH excluding ortho intramolecular Hbond substituents is 1. The van der Waals surface area contributed by atoms with Crippen LogP contribution in [0.15, 0.2) is 30.3 Å². The van der Waals surface area contributed by atoms with Gasteiger partial charge in [0.25, 0.3) is 0 Å². The molecule has 5 heteroatoms. The van der Waals surface area contributed by atoms with Crippen LogP contribution in [0.3, 0.4) is 0 Å². The van der Waals surface area contributed by atoms with Gasteiger partial charge in [0, 0.05) is 23.6 Å². The van der Waals surface area contributed by atoms with Crippen molar-refractivity contribution in [2.24, 2.45) is 5.73 Å². The highest BCUT2D eigenvalue weighted by Crippen LogP contribution is 2.42. The molecule has 0 unspecified atom stereocenters. The fourth-order valence-corrected chi connectivity index (χ4v) is 4.17. The van der Waals surface area contributed by atoms with E-state index in [0.29, 0.717) is 37.6 Å². The van der Waals surface area contributed by atoms with Gasteiger partial charge in [-0.15, -0.1) is 0 Å². The van der Waals surface area contributed by atoms with E-state index in [9.17, 15) is 5.11 Å². The van der Waals surface area contributed by atoms with Crippen molar-refractivity contribution in [2.45, 2.75) is 57.8 Å². The zero-order valence-corrected chi connectivity index (χ0v) is 16.9. The molecule has 0 saturated heterocycles. The van der Waals surface area contributed by atoms with E-state index < -0.39 is 5.54 Å². The molecule has 0 aliphatic carbocycles. The molecule has 0 bridgehead atoms. The van der Waals surface area contributed by atoms with E-state index >= 15 is 0 Å². The van der Waals surface area contributed by atoms with Crippen molar-refractivity contribution in [1.29, 1.82) is 0 Å². The maximum Gasteiger partial charge on any atom is 0.126 e. The summed E-state index contributed by atoms with van der Waals surface area (Å²) in [5.41, 5.74) is 10.0. The second-order valence-corrected chi connectivity index (χ2v) is 8.47. The molecule has 0 aromatic heterocycles. The second-order valence-electron chi connectivity index (χ2n) is 8.47. The van der Waals surface area contributed by atoms with Gasteiger partial charge in [-0.05, 0) is 56.9 Å². The highest BCUT2D eigenvalue weighted by molar-refractivity contribution is 5.52. The quantitative estimate of drug-likeness (QED) is 0.843. The second kappa shape index (κ2) is 6.98. The lowest BCUT2D eigenvalue weighted by atomic mass is 9.81. The molecule has 2 aromatic rings. The standard InChI is InChI=1S/C23H29NO4/c1-4-26-17-7-8-19(20(25)11-17)23(24)12-15-5-6-16-13-28-22(2,3)10-9-18(16)21(15)27-14-23/h5-8,11,25H,4,9-10,12-14,24H2,1-3H3/t23-/m0/s1. The van der Waals surface area contributed by atoms with Gasteiger partial charge in [-0.1, -0.05) is 12.1 Å². The van der Waals surface area contributed by atoms with Crippen molar-refractivity contribution in [3.63, 3.8) is 0 Å². The van der Waals surface area contributed by atoms with E-state index in [-0.39, 0.29) is 11.4 Å². The molecule has 5 nitrogen and oxygen atoms in total. The largest absolute Gasteiger partial charge is 0.507 e. The fraction of sp³-hybridized carbons (Fsp3) is 0.478. The highest BCUT2D eigenvalue weighted by atomic mass is 16.5. The molecule has 28 heavy (non-hydrogen) atoms. The van der Waals surface area contributed by atoms with Gasteiger partial charge in [0.1, 0.15) is 23.9 Å². The number of rotatable bonds is 3. The molecule has 150 valence electrons. The molecule has 1 atom stereocenters. The summed E-state index contributed by atoms with van der Waals surface area (Å²) in [5, 5.41) is 10.5. The van der Waals surface area contributed by atoms with E-state index in [0.717, 1.165) is 24.2 Å². The third-order valence-corrected chi connectivity index (χ3v) is 5.83. The van der Waals surface area contributed by atoms with Crippen LogP contribution in [0.1, 0.15) is 49.4 Å². The number of phenols is 1. The summed E-state index contributed by atoms with van der Waals surface area (Å²) >= 11 is 0. The van der Waals surface area contributed by atoms with Crippen LogP contribution in [0.4, 0.5) is 0 Å². The van der Waals surface area contributed by atoms with Crippen molar-refractivity contribution >= 4 is 0 Å². The van der Waals surface area contributed by atoms with E-state index in [1.165, 1.54) is 11.1 Å². The summed E-state index contributed by atoms with van der Waals surface area (Å²) in [6.45, 7) is 7.65. The first-order valence-electron chi connectivity index (χ1n) is 9.97. The molecule has 2 heterocycles. The van der Waals surface area contributed by atoms with E-state index in [4.69, 9.17) is 19.9 Å². The Balaban J connectivity index is 1.65. The van der Waals surface area contributed by atoms with Crippen LogP contribution in [0, 0.1) is 0 Å². The maximum absolute atomic E-state index is 10.5. The Hall–Kier alpha value is -2.24. The summed E-state index contributed by atoms with van der Waals surface area (Å²) in [6.07, 6.45) is 2.49. The molecule has 2 aliphatic rings. The third kappa shape index (κ3) is 3.45. The van der Waals surface area contributed by atoms with E-state index in [1.54, 1.807) is 6.07 Å². The minimum absolute atomic E-state index is 0.133. The minimum Gasteiger partial charge on any atom is -0.507 e. The van der Waals surface area contributed by atoms with Crippen molar-refractivity contribution in [1.82, 2.24) is 0 Å². The molecule has 2 aromatic carbocycles. The summed E-state index contributed by atoms with van der Waals surface area (Å²) in [5.74, 6) is 1.73. The van der Waals surface area contributed by atoms with Crippen LogP contribution in [0.25, 0.3) is 0 Å². The van der Waals surface area contributed by atoms with Crippen LogP contribution in [-0.2, 0) is 29.7 Å². The van der Waals surface area contributed by atoms with E-state index in [1.807, 2.05) is 19.1 Å². The van der Waals surface area contributed by atoms with Gasteiger partial charge >= 0.3 is 0 Å². The average molecular weight is 383 g/mol. The van der Waals surface area contributed by atoms with Gasteiger partial charge in [0.05, 0.1) is 24.4 Å². The third-order valence-electron chi connectivity index (χ3n) is 5.83. The Labute approximate surface area is 166 Å². The molecular formula is C23H29NO4. The number of fused-ring (bicyclic) bond motifs is 3. The Morgan fingerprint density at radius 2 is 1.96 bits per heavy atom. The molecule has 0 saturated carbocycles. The Kier molecular flexibility index (Phi) is 4.76. The first-order valence-corrected chi connectivity index (χ1v) is 9.97. The summed E-state index contributed by atoms with van der Waals surface area (Å²) in [7, 11) is 0. The Bertz CT molecular complexity index is 892. The first-order chi connectivity index (χ1) is 13.3. The number of benzene rings is 2. The van der Waals surface area contributed by atoms with E-state index in [2.05, 4.69) is 26.0 Å². The van der Waals surface area contributed by atoms with Gasteiger partial charge in [-0.3, -0.25) is 0 Å². The topological polar surface area (TPSA) is 73.9 Å². The number of aromatic hydroxyl groups is 1. The minimum atomic E-state index is -0.781. The average Bonchev–Trinajstić information content (AvgIpc) is 2.80. The SMILES string of the molecule is CCOc1ccc([C@@]2(N)COc3c(ccc4c3CCC(C)(C)OC4)C2)c(O)c1. The maximum atomic E-state index is 10.5. The molecule has 0 radical (unpaired) electrons. The number of nitrogens with two attached hydrogens (primary N) is 1. The molecule has 0 fully saturated rings. The lowest BCUT2D eigenvalue weighted by molar-refractivity contribution is -0.0295. The predicted octanol–water partition coefficient (Wildman–Crippen LogP) is 3.82. The lowest BCUT2D eigenvalue weighted by Gasteiger charge is -2.36. The van der Waals surface area contributed by atoms with Gasteiger partial charge in [-0.2, -0.15) is 0 Å².